The number of carboxylic acid groups (broad SMARTS) is 1. The third-order valence-corrected chi connectivity index (χ3v) is 3.58. The molecule has 0 saturated heterocycles. The molecule has 5 heteroatoms. The standard InChI is InChI=1S/C12H12N2O2S.C3H8/c1-7(13)11-14-9(12(15)16)10(17-11)8-5-3-2-4-6-8;1-3-2/h2-7H,13H2,1H3,(H,15,16);3H2,1-2H3. The second-order valence-electron chi connectivity index (χ2n) is 4.40. The third kappa shape index (κ3) is 4.15. The highest BCUT2D eigenvalue weighted by Gasteiger charge is 2.19. The molecule has 1 aromatic heterocycles. The third-order valence-electron chi connectivity index (χ3n) is 2.27. The van der Waals surface area contributed by atoms with Gasteiger partial charge in [-0.25, -0.2) is 9.78 Å². The lowest BCUT2D eigenvalue weighted by Gasteiger charge is -1.97. The van der Waals surface area contributed by atoms with E-state index in [9.17, 15) is 4.79 Å². The first-order chi connectivity index (χ1) is 9.51. The van der Waals surface area contributed by atoms with Crippen LogP contribution in [0, 0.1) is 0 Å². The zero-order valence-electron chi connectivity index (χ0n) is 12.0. The van der Waals surface area contributed by atoms with Crippen LogP contribution in [0.3, 0.4) is 0 Å². The molecular weight excluding hydrogens is 272 g/mol. The predicted octanol–water partition coefficient (Wildman–Crippen LogP) is 3.94. The van der Waals surface area contributed by atoms with E-state index in [1.807, 2.05) is 30.3 Å². The fourth-order valence-corrected chi connectivity index (χ4v) is 2.48. The zero-order chi connectivity index (χ0) is 15.1. The van der Waals surface area contributed by atoms with Crippen molar-refractivity contribution >= 4 is 17.3 Å². The molecule has 1 aromatic carbocycles. The highest BCUT2D eigenvalue weighted by molar-refractivity contribution is 7.15. The molecule has 108 valence electrons. The molecule has 0 aliphatic rings. The number of aromatic carboxylic acids is 1. The number of nitrogens with zero attached hydrogens (tertiary/aromatic N) is 1. The van der Waals surface area contributed by atoms with Gasteiger partial charge >= 0.3 is 5.97 Å². The number of nitrogens with two attached hydrogens (primary N) is 1. The van der Waals surface area contributed by atoms with Crippen molar-refractivity contribution < 1.29 is 9.90 Å². The topological polar surface area (TPSA) is 76.2 Å². The van der Waals surface area contributed by atoms with E-state index in [2.05, 4.69) is 18.8 Å². The van der Waals surface area contributed by atoms with E-state index in [-0.39, 0.29) is 11.7 Å². The van der Waals surface area contributed by atoms with Gasteiger partial charge in [0.2, 0.25) is 0 Å². The maximum atomic E-state index is 11.1. The Hall–Kier alpha value is -1.72. The maximum Gasteiger partial charge on any atom is 0.356 e. The number of rotatable bonds is 3. The van der Waals surface area contributed by atoms with Gasteiger partial charge in [0.15, 0.2) is 5.69 Å². The van der Waals surface area contributed by atoms with Gasteiger partial charge in [0.05, 0.1) is 10.9 Å². The molecule has 0 aliphatic heterocycles. The van der Waals surface area contributed by atoms with Crippen LogP contribution in [0.5, 0.6) is 0 Å². The minimum absolute atomic E-state index is 0.0773. The lowest BCUT2D eigenvalue weighted by molar-refractivity contribution is 0.0692. The van der Waals surface area contributed by atoms with Crippen molar-refractivity contribution in [3.63, 3.8) is 0 Å². The van der Waals surface area contributed by atoms with Crippen molar-refractivity contribution in [2.24, 2.45) is 5.73 Å². The van der Waals surface area contributed by atoms with E-state index in [1.165, 1.54) is 17.8 Å². The number of hydrogen-bond donors (Lipinski definition) is 2. The molecule has 0 radical (unpaired) electrons. The lowest BCUT2D eigenvalue weighted by atomic mass is 10.1. The first-order valence-corrected chi connectivity index (χ1v) is 7.37. The smallest absolute Gasteiger partial charge is 0.356 e. The Morgan fingerprint density at radius 1 is 1.35 bits per heavy atom. The Kier molecular flexibility index (Phi) is 6.35. The number of aromatic nitrogens is 1. The van der Waals surface area contributed by atoms with E-state index < -0.39 is 5.97 Å². The fourth-order valence-electron chi connectivity index (χ4n) is 1.46. The van der Waals surface area contributed by atoms with Crippen LogP contribution < -0.4 is 5.73 Å². The normalized spacial score (nSPS) is 11.4. The van der Waals surface area contributed by atoms with Crippen molar-refractivity contribution in [2.45, 2.75) is 33.2 Å². The molecule has 20 heavy (non-hydrogen) atoms. The van der Waals surface area contributed by atoms with Crippen molar-refractivity contribution in [1.29, 1.82) is 0 Å². The van der Waals surface area contributed by atoms with Crippen LogP contribution >= 0.6 is 11.3 Å². The second kappa shape index (κ2) is 7.77. The molecular formula is C15H20N2O2S. The van der Waals surface area contributed by atoms with E-state index >= 15 is 0 Å². The zero-order valence-corrected chi connectivity index (χ0v) is 12.8. The van der Waals surface area contributed by atoms with Crippen LogP contribution in [0.4, 0.5) is 0 Å². The quantitative estimate of drug-likeness (QED) is 0.898. The Bertz CT molecular complexity index is 550. The van der Waals surface area contributed by atoms with Crippen molar-refractivity contribution in [2.75, 3.05) is 0 Å². The van der Waals surface area contributed by atoms with E-state index in [1.54, 1.807) is 6.92 Å². The fraction of sp³-hybridized carbons (Fsp3) is 0.333. The van der Waals surface area contributed by atoms with Crippen LogP contribution in [0.15, 0.2) is 30.3 Å². The highest BCUT2D eigenvalue weighted by Crippen LogP contribution is 2.32. The average Bonchev–Trinajstić information content (AvgIpc) is 2.86. The molecule has 1 unspecified atom stereocenters. The molecule has 0 spiro atoms. The molecule has 2 aromatic rings. The van der Waals surface area contributed by atoms with Crippen LogP contribution in [0.2, 0.25) is 0 Å². The summed E-state index contributed by atoms with van der Waals surface area (Å²) in [6, 6.07) is 9.10. The maximum absolute atomic E-state index is 11.1. The van der Waals surface area contributed by atoms with Crippen molar-refractivity contribution in [1.82, 2.24) is 4.98 Å². The Balaban J connectivity index is 0.000000612. The number of carboxylic acids is 1. The van der Waals surface area contributed by atoms with Gasteiger partial charge in [0.1, 0.15) is 5.01 Å². The minimum atomic E-state index is -1.02. The lowest BCUT2D eigenvalue weighted by Crippen LogP contribution is -2.05. The summed E-state index contributed by atoms with van der Waals surface area (Å²) in [4.78, 5) is 15.9. The van der Waals surface area contributed by atoms with Gasteiger partial charge in [-0.3, -0.25) is 0 Å². The number of benzene rings is 1. The molecule has 0 bridgehead atoms. The Labute approximate surface area is 123 Å². The Morgan fingerprint density at radius 2 is 1.90 bits per heavy atom. The summed E-state index contributed by atoms with van der Waals surface area (Å²) in [6.45, 7) is 6.04. The molecule has 1 atom stereocenters. The van der Waals surface area contributed by atoms with Gasteiger partial charge in [-0.1, -0.05) is 50.6 Å². The largest absolute Gasteiger partial charge is 0.476 e. The summed E-state index contributed by atoms with van der Waals surface area (Å²) in [6.07, 6.45) is 1.25. The van der Waals surface area contributed by atoms with Crippen molar-refractivity contribution in [3.8, 4) is 10.4 Å². The average molecular weight is 292 g/mol. The molecule has 4 nitrogen and oxygen atoms in total. The van der Waals surface area contributed by atoms with Gasteiger partial charge in [0.25, 0.3) is 0 Å². The summed E-state index contributed by atoms with van der Waals surface area (Å²) in [5.74, 6) is -1.02. The van der Waals surface area contributed by atoms with Gasteiger partial charge in [-0.2, -0.15) is 0 Å². The van der Waals surface area contributed by atoms with Crippen LogP contribution in [0.25, 0.3) is 10.4 Å². The highest BCUT2D eigenvalue weighted by atomic mass is 32.1. The number of hydrogen-bond acceptors (Lipinski definition) is 4. The second-order valence-corrected chi connectivity index (χ2v) is 5.43. The molecule has 0 fully saturated rings. The summed E-state index contributed by atoms with van der Waals surface area (Å²) >= 11 is 1.33. The summed E-state index contributed by atoms with van der Waals surface area (Å²) in [5.41, 5.74) is 6.66. The van der Waals surface area contributed by atoms with Gasteiger partial charge in [-0.05, 0) is 12.5 Å². The molecule has 1 heterocycles. The Morgan fingerprint density at radius 3 is 2.35 bits per heavy atom. The molecule has 3 N–H and O–H groups in total. The van der Waals surface area contributed by atoms with Crippen LogP contribution in [-0.2, 0) is 0 Å². The summed E-state index contributed by atoms with van der Waals surface area (Å²) in [5, 5.41) is 9.77. The first-order valence-electron chi connectivity index (χ1n) is 6.56. The van der Waals surface area contributed by atoms with Gasteiger partial charge in [0, 0.05) is 0 Å². The molecule has 0 saturated carbocycles. The molecule has 0 amide bonds. The first kappa shape index (κ1) is 16.3. The van der Waals surface area contributed by atoms with Crippen LogP contribution in [-0.4, -0.2) is 16.1 Å². The predicted molar refractivity (Wildman–Crippen MR) is 83.1 cm³/mol. The summed E-state index contributed by atoms with van der Waals surface area (Å²) < 4.78 is 0. The SMILES string of the molecule is CC(N)c1nc(C(=O)O)c(-c2ccccc2)s1.CCC. The minimum Gasteiger partial charge on any atom is -0.476 e. The van der Waals surface area contributed by atoms with E-state index in [4.69, 9.17) is 10.8 Å². The van der Waals surface area contributed by atoms with Crippen molar-refractivity contribution in [3.05, 3.63) is 41.0 Å². The van der Waals surface area contributed by atoms with E-state index in [0.29, 0.717) is 9.88 Å². The number of carbonyl (C=O) groups is 1. The van der Waals surface area contributed by atoms with Crippen LogP contribution in [0.1, 0.15) is 48.7 Å². The monoisotopic (exact) mass is 292 g/mol. The summed E-state index contributed by atoms with van der Waals surface area (Å²) in [7, 11) is 0. The van der Waals surface area contributed by atoms with Gasteiger partial charge in [-0.15, -0.1) is 11.3 Å². The molecule has 2 rings (SSSR count). The van der Waals surface area contributed by atoms with Gasteiger partial charge < -0.3 is 10.8 Å². The molecule has 0 aliphatic carbocycles. The number of thiazole rings is 1. The van der Waals surface area contributed by atoms with E-state index in [0.717, 1.165) is 5.56 Å².